The minimum absolute atomic E-state index is 0.0471. The van der Waals surface area contributed by atoms with Crippen LogP contribution in [-0.2, 0) is 17.8 Å². The van der Waals surface area contributed by atoms with E-state index in [0.717, 1.165) is 43.7 Å². The molecular formula is C23H28N4O2. The molecule has 0 saturated carbocycles. The molecule has 29 heavy (non-hydrogen) atoms. The zero-order chi connectivity index (χ0) is 20.2. The summed E-state index contributed by atoms with van der Waals surface area (Å²) in [5.41, 5.74) is 9.54. The maximum absolute atomic E-state index is 12.7. The Morgan fingerprint density at radius 1 is 1.10 bits per heavy atom. The first-order valence-corrected chi connectivity index (χ1v) is 10.3. The lowest BCUT2D eigenvalue weighted by Crippen LogP contribution is -2.44. The van der Waals surface area contributed by atoms with E-state index >= 15 is 0 Å². The van der Waals surface area contributed by atoms with E-state index in [-0.39, 0.29) is 17.9 Å². The quantitative estimate of drug-likeness (QED) is 0.745. The van der Waals surface area contributed by atoms with Crippen LogP contribution in [0.2, 0.25) is 0 Å². The molecular weight excluding hydrogens is 364 g/mol. The molecule has 2 aliphatic rings. The number of hydrogen-bond acceptors (Lipinski definition) is 4. The van der Waals surface area contributed by atoms with Crippen molar-refractivity contribution >= 4 is 17.5 Å². The zero-order valence-electron chi connectivity index (χ0n) is 16.6. The van der Waals surface area contributed by atoms with Crippen LogP contribution in [0.15, 0.2) is 48.5 Å². The van der Waals surface area contributed by atoms with Gasteiger partial charge in [-0.2, -0.15) is 0 Å². The Kier molecular flexibility index (Phi) is 5.92. The van der Waals surface area contributed by atoms with Crippen molar-refractivity contribution in [2.24, 2.45) is 5.73 Å². The molecule has 1 fully saturated rings. The van der Waals surface area contributed by atoms with Crippen LogP contribution in [0.3, 0.4) is 0 Å². The van der Waals surface area contributed by atoms with Gasteiger partial charge in [-0.25, -0.2) is 0 Å². The minimum atomic E-state index is -0.499. The predicted molar refractivity (Wildman–Crippen MR) is 114 cm³/mol. The fourth-order valence-corrected chi connectivity index (χ4v) is 4.08. The lowest BCUT2D eigenvalue weighted by Gasteiger charge is -2.32. The SMILES string of the molecule is NC1CCc2cc(C(=O)NC3CCN(Cc4ccccc4)CC3)ccc2NC1=O. The maximum atomic E-state index is 12.7. The molecule has 0 radical (unpaired) electrons. The van der Waals surface area contributed by atoms with Crippen molar-refractivity contribution in [3.63, 3.8) is 0 Å². The molecule has 2 aromatic carbocycles. The first kappa shape index (κ1) is 19.6. The third-order valence-electron chi connectivity index (χ3n) is 5.86. The summed E-state index contributed by atoms with van der Waals surface area (Å²) in [5, 5.41) is 6.03. The van der Waals surface area contributed by atoms with Crippen molar-refractivity contribution in [1.82, 2.24) is 10.2 Å². The van der Waals surface area contributed by atoms with Crippen LogP contribution >= 0.6 is 0 Å². The third-order valence-corrected chi connectivity index (χ3v) is 5.86. The number of carbonyl (C=O) groups excluding carboxylic acids is 2. The van der Waals surface area contributed by atoms with Gasteiger partial charge in [0.25, 0.3) is 5.91 Å². The minimum Gasteiger partial charge on any atom is -0.349 e. The van der Waals surface area contributed by atoms with Gasteiger partial charge in [-0.1, -0.05) is 30.3 Å². The van der Waals surface area contributed by atoms with Gasteiger partial charge in [0.05, 0.1) is 6.04 Å². The topological polar surface area (TPSA) is 87.5 Å². The standard InChI is InChI=1S/C23H28N4O2/c24-20-8-6-17-14-18(7-9-21(17)26-23(20)29)22(28)25-19-10-12-27(13-11-19)15-16-4-2-1-3-5-16/h1-5,7,9,14,19-20H,6,8,10-13,15,24H2,(H,25,28)(H,26,29). The number of nitrogens with zero attached hydrogens (tertiary/aromatic N) is 1. The summed E-state index contributed by atoms with van der Waals surface area (Å²) in [7, 11) is 0. The second-order valence-corrected chi connectivity index (χ2v) is 8.02. The van der Waals surface area contributed by atoms with Crippen LogP contribution < -0.4 is 16.4 Å². The molecule has 0 spiro atoms. The number of amides is 2. The molecule has 4 rings (SSSR count). The van der Waals surface area contributed by atoms with E-state index in [0.29, 0.717) is 18.4 Å². The van der Waals surface area contributed by atoms with Crippen LogP contribution in [0.5, 0.6) is 0 Å². The van der Waals surface area contributed by atoms with Gasteiger partial charge < -0.3 is 16.4 Å². The smallest absolute Gasteiger partial charge is 0.251 e. The van der Waals surface area contributed by atoms with Crippen molar-refractivity contribution in [3.05, 3.63) is 65.2 Å². The van der Waals surface area contributed by atoms with E-state index < -0.39 is 6.04 Å². The molecule has 2 aromatic rings. The van der Waals surface area contributed by atoms with Crippen molar-refractivity contribution in [1.29, 1.82) is 0 Å². The average molecular weight is 393 g/mol. The van der Waals surface area contributed by atoms with Gasteiger partial charge in [0.1, 0.15) is 0 Å². The highest BCUT2D eigenvalue weighted by Crippen LogP contribution is 2.23. The number of aryl methyl sites for hydroxylation is 1. The Bertz CT molecular complexity index is 876. The first-order valence-electron chi connectivity index (χ1n) is 10.3. The highest BCUT2D eigenvalue weighted by atomic mass is 16.2. The fourth-order valence-electron chi connectivity index (χ4n) is 4.08. The van der Waals surface area contributed by atoms with Gasteiger partial charge in [0.15, 0.2) is 0 Å². The van der Waals surface area contributed by atoms with Gasteiger partial charge >= 0.3 is 0 Å². The Hall–Kier alpha value is -2.70. The molecule has 0 aliphatic carbocycles. The number of benzene rings is 2. The molecule has 152 valence electrons. The van der Waals surface area contributed by atoms with Gasteiger partial charge in [-0.15, -0.1) is 0 Å². The maximum Gasteiger partial charge on any atom is 0.251 e. The summed E-state index contributed by atoms with van der Waals surface area (Å²) in [5.74, 6) is -0.211. The largest absolute Gasteiger partial charge is 0.349 e. The van der Waals surface area contributed by atoms with Crippen molar-refractivity contribution in [2.45, 2.75) is 44.3 Å². The van der Waals surface area contributed by atoms with E-state index in [4.69, 9.17) is 5.73 Å². The van der Waals surface area contributed by atoms with Gasteiger partial charge in [-0.05, 0) is 55.0 Å². The summed E-state index contributed by atoms with van der Waals surface area (Å²) in [6, 6.07) is 15.6. The van der Waals surface area contributed by atoms with Crippen LogP contribution in [0.1, 0.15) is 40.7 Å². The number of anilines is 1. The molecule has 1 unspecified atom stereocenters. The molecule has 1 saturated heterocycles. The van der Waals surface area contributed by atoms with Crippen LogP contribution in [0.25, 0.3) is 0 Å². The summed E-state index contributed by atoms with van der Waals surface area (Å²) in [6.45, 7) is 2.92. The van der Waals surface area contributed by atoms with Gasteiger partial charge in [0.2, 0.25) is 5.91 Å². The predicted octanol–water partition coefficient (Wildman–Crippen LogP) is 2.29. The van der Waals surface area contributed by atoms with E-state index in [9.17, 15) is 9.59 Å². The fraction of sp³-hybridized carbons (Fsp3) is 0.391. The monoisotopic (exact) mass is 392 g/mol. The first-order chi connectivity index (χ1) is 14.1. The number of nitrogens with two attached hydrogens (primary N) is 1. The molecule has 0 bridgehead atoms. The van der Waals surface area contributed by atoms with E-state index in [2.05, 4.69) is 39.8 Å². The normalized spacial score (nSPS) is 20.4. The Morgan fingerprint density at radius 2 is 1.86 bits per heavy atom. The second-order valence-electron chi connectivity index (χ2n) is 8.02. The van der Waals surface area contributed by atoms with Crippen molar-refractivity contribution < 1.29 is 9.59 Å². The number of nitrogens with one attached hydrogen (secondary N) is 2. The zero-order valence-corrected chi connectivity index (χ0v) is 16.6. The number of rotatable bonds is 4. The highest BCUT2D eigenvalue weighted by molar-refractivity contribution is 5.98. The molecule has 4 N–H and O–H groups in total. The van der Waals surface area contributed by atoms with Crippen molar-refractivity contribution in [2.75, 3.05) is 18.4 Å². The van der Waals surface area contributed by atoms with Gasteiger partial charge in [0, 0.05) is 36.9 Å². The molecule has 0 aromatic heterocycles. The lowest BCUT2D eigenvalue weighted by molar-refractivity contribution is -0.117. The summed E-state index contributed by atoms with van der Waals surface area (Å²) < 4.78 is 0. The summed E-state index contributed by atoms with van der Waals surface area (Å²) in [6.07, 6.45) is 3.18. The Balaban J connectivity index is 1.32. The van der Waals surface area contributed by atoms with Crippen LogP contribution in [0.4, 0.5) is 5.69 Å². The van der Waals surface area contributed by atoms with Crippen LogP contribution in [0, 0.1) is 0 Å². The Morgan fingerprint density at radius 3 is 2.62 bits per heavy atom. The average Bonchev–Trinajstić information content (AvgIpc) is 2.88. The van der Waals surface area contributed by atoms with E-state index in [1.54, 1.807) is 6.07 Å². The second kappa shape index (κ2) is 8.76. The molecule has 6 nitrogen and oxygen atoms in total. The molecule has 2 heterocycles. The lowest BCUT2D eigenvalue weighted by atomic mass is 10.0. The number of piperidine rings is 1. The third kappa shape index (κ3) is 4.83. The van der Waals surface area contributed by atoms with Crippen LogP contribution in [-0.4, -0.2) is 41.9 Å². The number of carbonyl (C=O) groups is 2. The number of fused-ring (bicyclic) bond motifs is 1. The summed E-state index contributed by atoms with van der Waals surface area (Å²) >= 11 is 0. The number of likely N-dealkylation sites (tertiary alicyclic amines) is 1. The molecule has 2 aliphatic heterocycles. The molecule has 2 amide bonds. The van der Waals surface area contributed by atoms with Gasteiger partial charge in [-0.3, -0.25) is 14.5 Å². The highest BCUT2D eigenvalue weighted by Gasteiger charge is 2.23. The molecule has 1 atom stereocenters. The summed E-state index contributed by atoms with van der Waals surface area (Å²) in [4.78, 5) is 27.1. The van der Waals surface area contributed by atoms with E-state index in [1.807, 2.05) is 18.2 Å². The van der Waals surface area contributed by atoms with E-state index in [1.165, 1.54) is 5.56 Å². The van der Waals surface area contributed by atoms with Crippen molar-refractivity contribution in [3.8, 4) is 0 Å². The molecule has 6 heteroatoms. The number of hydrogen-bond donors (Lipinski definition) is 3. The Labute approximate surface area is 171 Å².